The molecule has 472 valence electrons. The van der Waals surface area contributed by atoms with E-state index in [-0.39, 0.29) is 19.3 Å². The summed E-state index contributed by atoms with van der Waals surface area (Å²) < 4.78 is 60.6. The molecule has 0 saturated carbocycles. The van der Waals surface area contributed by atoms with E-state index in [1.54, 1.807) is 0 Å². The summed E-state index contributed by atoms with van der Waals surface area (Å²) in [5, 5.41) is 20.5. The zero-order chi connectivity index (χ0) is 59.6. The molecule has 0 saturated heterocycles. The highest BCUT2D eigenvalue weighted by atomic mass is 31.2. The van der Waals surface area contributed by atoms with Gasteiger partial charge in [0.15, 0.2) is 6.10 Å². The fourth-order valence-electron chi connectivity index (χ4n) is 8.42. The van der Waals surface area contributed by atoms with Gasteiger partial charge in [0.2, 0.25) is 0 Å². The number of hydrogen-bond donors (Lipinski definition) is 4. The van der Waals surface area contributed by atoms with Gasteiger partial charge in [0.05, 0.1) is 26.4 Å². The van der Waals surface area contributed by atoms with Gasteiger partial charge in [0, 0.05) is 19.3 Å². The Morgan fingerprint density at radius 2 is 0.654 bits per heavy atom. The summed E-state index contributed by atoms with van der Waals surface area (Å²) in [4.78, 5) is 58.1. The van der Waals surface area contributed by atoms with E-state index in [9.17, 15) is 43.5 Å². The van der Waals surface area contributed by atoms with Crippen LogP contribution in [0, 0.1) is 0 Å². The van der Waals surface area contributed by atoms with Crippen molar-refractivity contribution < 1.29 is 75.8 Å². The average Bonchev–Trinajstić information content (AvgIpc) is 3.44. The quantitative estimate of drug-likeness (QED) is 0.0146. The van der Waals surface area contributed by atoms with Crippen molar-refractivity contribution in [2.75, 3.05) is 39.6 Å². The SMILES string of the molecule is CC/C=C\C/C=C\C/C=C\C/C=C\C/C=C\CCCCCC(=O)OCC(O)COP(=O)(O)OCC(O)COP(=O)(O)OCC(COC(=O)CCCCCCCCCCCCCCCCC)OC(=O)CCCCCCCCCCCCC. The predicted octanol–water partition coefficient (Wildman–Crippen LogP) is 16.6. The number of carbonyl (C=O) groups excluding carboxylic acids is 3. The van der Waals surface area contributed by atoms with Gasteiger partial charge < -0.3 is 34.2 Å². The summed E-state index contributed by atoms with van der Waals surface area (Å²) >= 11 is 0. The number of aliphatic hydroxyl groups is 2. The molecule has 18 heteroatoms. The van der Waals surface area contributed by atoms with E-state index in [2.05, 4.69) is 81.5 Å². The molecule has 5 atom stereocenters. The molecule has 5 unspecified atom stereocenters. The summed E-state index contributed by atoms with van der Waals surface area (Å²) in [6.45, 7) is 2.52. The minimum atomic E-state index is -4.91. The van der Waals surface area contributed by atoms with Crippen LogP contribution in [0.3, 0.4) is 0 Å². The summed E-state index contributed by atoms with van der Waals surface area (Å²) in [6.07, 6.45) is 55.7. The number of unbranched alkanes of at least 4 members (excludes halogenated alkanes) is 27. The van der Waals surface area contributed by atoms with E-state index in [0.29, 0.717) is 19.3 Å². The Labute approximate surface area is 490 Å². The van der Waals surface area contributed by atoms with Crippen LogP contribution < -0.4 is 0 Å². The minimum Gasteiger partial charge on any atom is -0.463 e. The van der Waals surface area contributed by atoms with Crippen molar-refractivity contribution in [1.29, 1.82) is 0 Å². The minimum absolute atomic E-state index is 0.110. The number of hydrogen-bond acceptors (Lipinski definition) is 14. The molecule has 0 fully saturated rings. The zero-order valence-electron chi connectivity index (χ0n) is 50.7. The number of esters is 3. The second kappa shape index (κ2) is 57.7. The Bertz CT molecular complexity index is 1730. The number of ether oxygens (including phenoxy) is 3. The van der Waals surface area contributed by atoms with E-state index in [0.717, 1.165) is 96.3 Å². The van der Waals surface area contributed by atoms with Crippen LogP contribution in [-0.4, -0.2) is 95.9 Å². The lowest BCUT2D eigenvalue weighted by Gasteiger charge is -2.21. The highest BCUT2D eigenvalue weighted by molar-refractivity contribution is 7.47. The predicted molar refractivity (Wildman–Crippen MR) is 325 cm³/mol. The largest absolute Gasteiger partial charge is 0.472 e. The fraction of sp³-hybridized carbons (Fsp3) is 0.794. The third-order valence-corrected chi connectivity index (χ3v) is 15.2. The van der Waals surface area contributed by atoms with E-state index >= 15 is 0 Å². The number of phosphoric acid groups is 2. The summed E-state index contributed by atoms with van der Waals surface area (Å²) in [5.74, 6) is -1.59. The van der Waals surface area contributed by atoms with Gasteiger partial charge in [-0.1, -0.05) is 242 Å². The molecule has 0 aromatic carbocycles. The summed E-state index contributed by atoms with van der Waals surface area (Å²) in [5.41, 5.74) is 0. The Morgan fingerprint density at radius 1 is 0.358 bits per heavy atom. The van der Waals surface area contributed by atoms with Crippen LogP contribution >= 0.6 is 15.6 Å². The average molecular weight is 1190 g/mol. The molecule has 0 bridgehead atoms. The van der Waals surface area contributed by atoms with Gasteiger partial charge in [-0.15, -0.1) is 0 Å². The molecular formula is C63H114O16P2. The van der Waals surface area contributed by atoms with Gasteiger partial charge in [-0.05, 0) is 64.2 Å². The number of allylic oxidation sites excluding steroid dienone is 10. The molecular weight excluding hydrogens is 1070 g/mol. The van der Waals surface area contributed by atoms with Crippen LogP contribution in [-0.2, 0) is 55.8 Å². The molecule has 16 nitrogen and oxygen atoms in total. The standard InChI is InChI=1S/C63H114O16P2/c1-4-7-10-13-16-19-22-24-26-27-28-29-31-33-35-37-40-43-46-49-61(66)73-52-58(64)53-75-80(69,70)76-54-59(65)55-77-81(71,72)78-57-60(79-63(68)51-48-45-42-39-34-21-18-15-12-9-6-3)56-74-62(67)50-47-44-41-38-36-32-30-25-23-20-17-14-11-8-5-2/h7,10,16,19,24,26,28-29,33,35,58-60,64-65H,4-6,8-9,11-15,17-18,20-23,25,27,30-32,34,36-57H2,1-3H3,(H,69,70)(H,71,72)/b10-7-,19-16-,26-24-,29-28-,35-33-. The van der Waals surface area contributed by atoms with Crippen molar-refractivity contribution >= 4 is 33.6 Å². The Kier molecular flexibility index (Phi) is 55.7. The van der Waals surface area contributed by atoms with Crippen LogP contribution in [0.25, 0.3) is 0 Å². The third-order valence-electron chi connectivity index (χ3n) is 13.3. The molecule has 0 aliphatic carbocycles. The highest BCUT2D eigenvalue weighted by Gasteiger charge is 2.29. The van der Waals surface area contributed by atoms with Gasteiger partial charge in [-0.25, -0.2) is 9.13 Å². The summed E-state index contributed by atoms with van der Waals surface area (Å²) in [7, 11) is -9.76. The molecule has 0 radical (unpaired) electrons. The zero-order valence-corrected chi connectivity index (χ0v) is 52.5. The van der Waals surface area contributed by atoms with Gasteiger partial charge in [-0.2, -0.15) is 0 Å². The van der Waals surface area contributed by atoms with Gasteiger partial charge in [0.25, 0.3) is 0 Å². The van der Waals surface area contributed by atoms with E-state index < -0.39 is 91.5 Å². The molecule has 0 aromatic heterocycles. The number of aliphatic hydroxyl groups excluding tert-OH is 2. The maximum Gasteiger partial charge on any atom is 0.472 e. The molecule has 0 aliphatic rings. The molecule has 4 N–H and O–H groups in total. The first-order chi connectivity index (χ1) is 39.2. The molecule has 0 rings (SSSR count). The van der Waals surface area contributed by atoms with Crippen molar-refractivity contribution in [2.24, 2.45) is 0 Å². The van der Waals surface area contributed by atoms with Crippen molar-refractivity contribution in [1.82, 2.24) is 0 Å². The van der Waals surface area contributed by atoms with E-state index in [1.165, 1.54) is 109 Å². The molecule has 0 aliphatic heterocycles. The van der Waals surface area contributed by atoms with Gasteiger partial charge in [-0.3, -0.25) is 32.5 Å². The normalized spacial score (nSPS) is 14.8. The van der Waals surface area contributed by atoms with Crippen molar-refractivity contribution in [3.8, 4) is 0 Å². The van der Waals surface area contributed by atoms with Crippen LogP contribution in [0.4, 0.5) is 0 Å². The molecule has 0 heterocycles. The lowest BCUT2D eigenvalue weighted by molar-refractivity contribution is -0.161. The number of carbonyl (C=O) groups is 3. The Morgan fingerprint density at radius 3 is 1.04 bits per heavy atom. The topological polar surface area (TPSA) is 231 Å². The smallest absolute Gasteiger partial charge is 0.463 e. The number of phosphoric ester groups is 2. The van der Waals surface area contributed by atoms with Crippen molar-refractivity contribution in [2.45, 2.75) is 283 Å². The second-order valence-corrected chi connectivity index (χ2v) is 24.1. The Balaban J connectivity index is 4.61. The van der Waals surface area contributed by atoms with Gasteiger partial charge in [0.1, 0.15) is 25.4 Å². The number of rotatable bonds is 60. The Hall–Kier alpha value is -2.75. The molecule has 0 aromatic rings. The first-order valence-corrected chi connectivity index (χ1v) is 34.6. The van der Waals surface area contributed by atoms with E-state index in [4.69, 9.17) is 32.3 Å². The molecule has 0 spiro atoms. The van der Waals surface area contributed by atoms with Crippen LogP contribution in [0.5, 0.6) is 0 Å². The maximum absolute atomic E-state index is 12.8. The van der Waals surface area contributed by atoms with E-state index in [1.807, 2.05) is 0 Å². The monoisotopic (exact) mass is 1190 g/mol. The first kappa shape index (κ1) is 78.2. The van der Waals surface area contributed by atoms with Gasteiger partial charge >= 0.3 is 33.6 Å². The molecule has 0 amide bonds. The maximum atomic E-state index is 12.8. The molecule has 81 heavy (non-hydrogen) atoms. The van der Waals surface area contributed by atoms with Crippen molar-refractivity contribution in [3.05, 3.63) is 60.8 Å². The van der Waals surface area contributed by atoms with Crippen LogP contribution in [0.15, 0.2) is 60.8 Å². The third kappa shape index (κ3) is 58.8. The highest BCUT2D eigenvalue weighted by Crippen LogP contribution is 2.45. The lowest BCUT2D eigenvalue weighted by Crippen LogP contribution is -2.30. The lowest BCUT2D eigenvalue weighted by atomic mass is 10.0. The summed E-state index contributed by atoms with van der Waals surface area (Å²) in [6, 6.07) is 0. The van der Waals surface area contributed by atoms with Crippen LogP contribution in [0.1, 0.15) is 265 Å². The first-order valence-electron chi connectivity index (χ1n) is 31.6. The van der Waals surface area contributed by atoms with Crippen LogP contribution in [0.2, 0.25) is 0 Å². The van der Waals surface area contributed by atoms with Crippen molar-refractivity contribution in [3.63, 3.8) is 0 Å². The second-order valence-electron chi connectivity index (χ2n) is 21.2. The fourth-order valence-corrected chi connectivity index (χ4v) is 10.0.